The van der Waals surface area contributed by atoms with Gasteiger partial charge in [-0.2, -0.15) is 9.40 Å². The summed E-state index contributed by atoms with van der Waals surface area (Å²) in [6, 6.07) is 6.05. The van der Waals surface area contributed by atoms with Gasteiger partial charge < -0.3 is 15.0 Å². The molecule has 39 heavy (non-hydrogen) atoms. The molecule has 1 amide bonds. The van der Waals surface area contributed by atoms with E-state index in [2.05, 4.69) is 22.2 Å². The highest BCUT2D eigenvalue weighted by atomic mass is 32.2. The number of piperidine rings is 1. The lowest BCUT2D eigenvalue weighted by atomic mass is 10.1. The summed E-state index contributed by atoms with van der Waals surface area (Å²) in [5.41, 5.74) is 1.17. The van der Waals surface area contributed by atoms with Crippen molar-refractivity contribution in [3.05, 3.63) is 36.0 Å². The molecule has 4 heterocycles. The van der Waals surface area contributed by atoms with E-state index in [0.29, 0.717) is 45.0 Å². The summed E-state index contributed by atoms with van der Waals surface area (Å²) < 4.78 is 34.1. The van der Waals surface area contributed by atoms with Gasteiger partial charge in [0.1, 0.15) is 5.82 Å². The van der Waals surface area contributed by atoms with Gasteiger partial charge in [0.25, 0.3) is 5.91 Å². The van der Waals surface area contributed by atoms with Crippen molar-refractivity contribution in [2.45, 2.75) is 49.2 Å². The molecule has 210 valence electrons. The molecule has 1 N–H and O–H groups in total. The van der Waals surface area contributed by atoms with Crippen molar-refractivity contribution >= 4 is 44.5 Å². The van der Waals surface area contributed by atoms with Gasteiger partial charge in [-0.15, -0.1) is 0 Å². The first kappa shape index (κ1) is 27.8. The number of sulfonamides is 1. The summed E-state index contributed by atoms with van der Waals surface area (Å²) in [5, 5.41) is 9.17. The van der Waals surface area contributed by atoms with Gasteiger partial charge in [0.2, 0.25) is 10.0 Å². The lowest BCUT2D eigenvalue weighted by molar-refractivity contribution is 0.0730. The number of aromatic nitrogens is 4. The summed E-state index contributed by atoms with van der Waals surface area (Å²) in [6.07, 6.45) is 6.42. The van der Waals surface area contributed by atoms with Crippen LogP contribution < -0.4 is 10.2 Å². The Kier molecular flexibility index (Phi) is 9.00. The maximum absolute atomic E-state index is 12.8. The number of hydrogen-bond donors (Lipinski definition) is 1. The lowest BCUT2D eigenvalue weighted by Crippen LogP contribution is -2.40. The number of fused-ring (bicyclic) bond motifs is 1. The average Bonchev–Trinajstić information content (AvgIpc) is 3.39. The molecule has 0 bridgehead atoms. The van der Waals surface area contributed by atoms with Gasteiger partial charge in [-0.3, -0.25) is 4.79 Å². The zero-order valence-corrected chi connectivity index (χ0v) is 23.8. The normalized spacial score (nSPS) is 17.0. The summed E-state index contributed by atoms with van der Waals surface area (Å²) >= 11 is 1.65. The zero-order valence-electron chi connectivity index (χ0n) is 22.2. The SMILES string of the molecule is CCCSc1nc(N2CCCCC2)c2cnn(CCNC(=O)c3ccc(S(=O)(=O)N4CCOCC4)cc3)c2n1. The van der Waals surface area contributed by atoms with Crippen LogP contribution in [0.25, 0.3) is 11.0 Å². The second kappa shape index (κ2) is 12.6. The van der Waals surface area contributed by atoms with Crippen molar-refractivity contribution in [3.63, 3.8) is 0 Å². The van der Waals surface area contributed by atoms with Crippen LogP contribution in [0.1, 0.15) is 43.0 Å². The van der Waals surface area contributed by atoms with Crippen LogP contribution in [0.4, 0.5) is 5.82 Å². The van der Waals surface area contributed by atoms with E-state index in [1.807, 2.05) is 10.9 Å². The van der Waals surface area contributed by atoms with Gasteiger partial charge in [0.15, 0.2) is 10.8 Å². The smallest absolute Gasteiger partial charge is 0.251 e. The molecule has 3 aromatic rings. The number of anilines is 1. The summed E-state index contributed by atoms with van der Waals surface area (Å²) in [4.78, 5) is 25.0. The number of hydrogen-bond acceptors (Lipinski definition) is 9. The molecular formula is C26H35N7O4S2. The van der Waals surface area contributed by atoms with E-state index in [4.69, 9.17) is 14.7 Å². The summed E-state index contributed by atoms with van der Waals surface area (Å²) in [7, 11) is -3.60. The van der Waals surface area contributed by atoms with Crippen LogP contribution in [0.3, 0.4) is 0 Å². The van der Waals surface area contributed by atoms with Crippen LogP contribution in [-0.2, 0) is 21.3 Å². The molecule has 5 rings (SSSR count). The monoisotopic (exact) mass is 573 g/mol. The molecule has 11 nitrogen and oxygen atoms in total. The Morgan fingerprint density at radius 3 is 2.51 bits per heavy atom. The second-order valence-electron chi connectivity index (χ2n) is 9.63. The molecule has 0 saturated carbocycles. The van der Waals surface area contributed by atoms with Crippen molar-refractivity contribution < 1.29 is 17.9 Å². The Morgan fingerprint density at radius 2 is 1.79 bits per heavy atom. The number of carbonyl (C=O) groups is 1. The highest BCUT2D eigenvalue weighted by Crippen LogP contribution is 2.29. The predicted octanol–water partition coefficient (Wildman–Crippen LogP) is 2.77. The Balaban J connectivity index is 1.25. The number of benzene rings is 1. The van der Waals surface area contributed by atoms with Crippen molar-refractivity contribution in [1.82, 2.24) is 29.4 Å². The molecule has 0 radical (unpaired) electrons. The van der Waals surface area contributed by atoms with Crippen molar-refractivity contribution in [2.24, 2.45) is 0 Å². The molecule has 2 fully saturated rings. The number of morpholine rings is 1. The number of amides is 1. The minimum absolute atomic E-state index is 0.171. The minimum atomic E-state index is -3.60. The van der Waals surface area contributed by atoms with E-state index < -0.39 is 10.0 Å². The minimum Gasteiger partial charge on any atom is -0.379 e. The number of nitrogens with zero attached hydrogens (tertiary/aromatic N) is 6. The highest BCUT2D eigenvalue weighted by Gasteiger charge is 2.26. The lowest BCUT2D eigenvalue weighted by Gasteiger charge is -2.28. The van der Waals surface area contributed by atoms with Gasteiger partial charge >= 0.3 is 0 Å². The Morgan fingerprint density at radius 1 is 1.05 bits per heavy atom. The Hall–Kier alpha value is -2.74. The predicted molar refractivity (Wildman–Crippen MR) is 151 cm³/mol. The van der Waals surface area contributed by atoms with E-state index in [1.54, 1.807) is 23.9 Å². The molecular weight excluding hydrogens is 538 g/mol. The number of thioether (sulfide) groups is 1. The van der Waals surface area contributed by atoms with Crippen LogP contribution in [0, 0.1) is 0 Å². The van der Waals surface area contributed by atoms with Crippen molar-refractivity contribution in [1.29, 1.82) is 0 Å². The highest BCUT2D eigenvalue weighted by molar-refractivity contribution is 7.99. The first-order chi connectivity index (χ1) is 19.0. The Labute approximate surface area is 233 Å². The number of rotatable bonds is 10. The third kappa shape index (κ3) is 6.37. The summed E-state index contributed by atoms with van der Waals surface area (Å²) in [6.45, 7) is 6.34. The zero-order chi connectivity index (χ0) is 27.2. The van der Waals surface area contributed by atoms with E-state index in [0.717, 1.165) is 60.1 Å². The first-order valence-corrected chi connectivity index (χ1v) is 16.0. The molecule has 0 spiro atoms. The van der Waals surface area contributed by atoms with E-state index in [9.17, 15) is 13.2 Å². The molecule has 1 aromatic carbocycles. The third-order valence-corrected chi connectivity index (χ3v) is 9.85. The quantitative estimate of drug-likeness (QED) is 0.288. The van der Waals surface area contributed by atoms with E-state index in [1.165, 1.54) is 22.9 Å². The first-order valence-electron chi connectivity index (χ1n) is 13.5. The maximum atomic E-state index is 12.8. The molecule has 0 unspecified atom stereocenters. The largest absolute Gasteiger partial charge is 0.379 e. The molecule has 2 saturated heterocycles. The topological polar surface area (TPSA) is 123 Å². The van der Waals surface area contributed by atoms with Gasteiger partial charge in [0.05, 0.1) is 36.2 Å². The van der Waals surface area contributed by atoms with Crippen LogP contribution in [-0.4, -0.2) is 90.1 Å². The number of nitrogens with one attached hydrogen (secondary N) is 1. The number of carbonyl (C=O) groups excluding carboxylic acids is 1. The van der Waals surface area contributed by atoms with Gasteiger partial charge in [-0.25, -0.2) is 23.1 Å². The van der Waals surface area contributed by atoms with Crippen LogP contribution in [0.2, 0.25) is 0 Å². The van der Waals surface area contributed by atoms with Gasteiger partial charge in [-0.1, -0.05) is 18.7 Å². The molecule has 2 aliphatic heterocycles. The van der Waals surface area contributed by atoms with Gasteiger partial charge in [0, 0.05) is 44.0 Å². The van der Waals surface area contributed by atoms with E-state index in [-0.39, 0.29) is 10.8 Å². The van der Waals surface area contributed by atoms with E-state index >= 15 is 0 Å². The fraction of sp³-hybridized carbons (Fsp3) is 0.538. The van der Waals surface area contributed by atoms with Crippen LogP contribution >= 0.6 is 11.8 Å². The Bertz CT molecular complexity index is 1380. The molecule has 2 aromatic heterocycles. The van der Waals surface area contributed by atoms with Crippen LogP contribution in [0.5, 0.6) is 0 Å². The standard InChI is InChI=1S/C26H35N7O4S2/c1-2-18-38-26-29-23(31-11-4-3-5-12-31)22-19-28-33(24(22)30-26)13-10-27-25(34)20-6-8-21(9-7-20)39(35,36)32-14-16-37-17-15-32/h6-9,19H,2-5,10-18H2,1H3,(H,27,34). The fourth-order valence-corrected chi connectivity index (χ4v) is 6.88. The average molecular weight is 574 g/mol. The van der Waals surface area contributed by atoms with Crippen molar-refractivity contribution in [3.8, 4) is 0 Å². The molecule has 0 aliphatic carbocycles. The fourth-order valence-electron chi connectivity index (χ4n) is 4.78. The molecule has 2 aliphatic rings. The second-order valence-corrected chi connectivity index (χ2v) is 12.6. The molecule has 0 atom stereocenters. The summed E-state index contributed by atoms with van der Waals surface area (Å²) in [5.74, 6) is 1.62. The van der Waals surface area contributed by atoms with Crippen molar-refractivity contribution in [2.75, 3.05) is 56.6 Å². The molecule has 13 heteroatoms. The van der Waals surface area contributed by atoms with Crippen LogP contribution in [0.15, 0.2) is 40.5 Å². The maximum Gasteiger partial charge on any atom is 0.251 e. The number of ether oxygens (including phenoxy) is 1. The van der Waals surface area contributed by atoms with Gasteiger partial charge in [-0.05, 0) is 49.9 Å². The third-order valence-electron chi connectivity index (χ3n) is 6.88.